The standard InChI is InChI=1S/C15H20ClNO2S/c1-3-17-15(11-4-5-11,14(18)19-2)10-20-13-8-6-12(16)7-9-13/h6-9,11,17H,3-5,10H2,1-2H3. The van der Waals surface area contributed by atoms with E-state index in [1.54, 1.807) is 11.8 Å². The van der Waals surface area contributed by atoms with Gasteiger partial charge < -0.3 is 10.1 Å². The minimum atomic E-state index is -0.562. The number of hydrogen-bond acceptors (Lipinski definition) is 4. The van der Waals surface area contributed by atoms with Crippen molar-refractivity contribution >= 4 is 29.3 Å². The summed E-state index contributed by atoms with van der Waals surface area (Å²) in [6.07, 6.45) is 2.17. The maximum absolute atomic E-state index is 12.3. The van der Waals surface area contributed by atoms with Crippen LogP contribution < -0.4 is 5.32 Å². The summed E-state index contributed by atoms with van der Waals surface area (Å²) in [5, 5.41) is 4.09. The lowest BCUT2D eigenvalue weighted by Crippen LogP contribution is -2.56. The van der Waals surface area contributed by atoms with Gasteiger partial charge in [0.25, 0.3) is 0 Å². The van der Waals surface area contributed by atoms with Gasteiger partial charge >= 0.3 is 5.97 Å². The molecule has 1 aliphatic rings. The van der Waals surface area contributed by atoms with Gasteiger partial charge in [-0.1, -0.05) is 18.5 Å². The van der Waals surface area contributed by atoms with Gasteiger partial charge in [-0.2, -0.15) is 0 Å². The number of benzene rings is 1. The number of methoxy groups -OCH3 is 1. The zero-order chi connectivity index (χ0) is 14.6. The highest BCUT2D eigenvalue weighted by atomic mass is 35.5. The van der Waals surface area contributed by atoms with E-state index in [2.05, 4.69) is 5.32 Å². The van der Waals surface area contributed by atoms with Crippen LogP contribution in [0.3, 0.4) is 0 Å². The number of halogens is 1. The van der Waals surface area contributed by atoms with Crippen molar-refractivity contribution in [2.45, 2.75) is 30.2 Å². The molecule has 1 saturated carbocycles. The van der Waals surface area contributed by atoms with Gasteiger partial charge in [-0.05, 0) is 49.6 Å². The lowest BCUT2D eigenvalue weighted by Gasteiger charge is -2.31. The number of ether oxygens (including phenoxy) is 1. The lowest BCUT2D eigenvalue weighted by molar-refractivity contribution is -0.148. The second-order valence-corrected chi connectivity index (χ2v) is 6.50. The van der Waals surface area contributed by atoms with Crippen molar-refractivity contribution < 1.29 is 9.53 Å². The normalized spacial score (nSPS) is 17.6. The van der Waals surface area contributed by atoms with E-state index in [4.69, 9.17) is 16.3 Å². The molecule has 0 radical (unpaired) electrons. The molecule has 5 heteroatoms. The molecule has 0 heterocycles. The summed E-state index contributed by atoms with van der Waals surface area (Å²) in [7, 11) is 1.46. The van der Waals surface area contributed by atoms with Crippen LogP contribution in [0.4, 0.5) is 0 Å². The van der Waals surface area contributed by atoms with E-state index in [0.29, 0.717) is 11.7 Å². The van der Waals surface area contributed by atoms with E-state index < -0.39 is 5.54 Å². The average Bonchev–Trinajstić information content (AvgIpc) is 3.29. The zero-order valence-corrected chi connectivity index (χ0v) is 13.4. The summed E-state index contributed by atoms with van der Waals surface area (Å²) >= 11 is 7.56. The molecular formula is C15H20ClNO2S. The van der Waals surface area contributed by atoms with Crippen LogP contribution in [0.2, 0.25) is 5.02 Å². The first-order valence-electron chi connectivity index (χ1n) is 6.84. The third kappa shape index (κ3) is 3.48. The highest BCUT2D eigenvalue weighted by Crippen LogP contribution is 2.43. The average molecular weight is 314 g/mol. The first-order valence-corrected chi connectivity index (χ1v) is 8.20. The van der Waals surface area contributed by atoms with Crippen LogP contribution in [0.25, 0.3) is 0 Å². The van der Waals surface area contributed by atoms with E-state index in [-0.39, 0.29) is 5.97 Å². The Bertz CT molecular complexity index is 461. The van der Waals surface area contributed by atoms with Crippen molar-refractivity contribution in [2.75, 3.05) is 19.4 Å². The van der Waals surface area contributed by atoms with Gasteiger partial charge in [-0.25, -0.2) is 0 Å². The number of esters is 1. The number of nitrogens with one attached hydrogen (secondary N) is 1. The molecule has 110 valence electrons. The minimum Gasteiger partial charge on any atom is -0.468 e. The summed E-state index contributed by atoms with van der Waals surface area (Å²) in [6, 6.07) is 7.70. The van der Waals surface area contributed by atoms with Gasteiger partial charge in [-0.3, -0.25) is 4.79 Å². The molecule has 0 saturated heterocycles. The van der Waals surface area contributed by atoms with Crippen molar-refractivity contribution in [2.24, 2.45) is 5.92 Å². The van der Waals surface area contributed by atoms with Gasteiger partial charge in [0.2, 0.25) is 0 Å². The molecule has 3 nitrogen and oxygen atoms in total. The maximum atomic E-state index is 12.3. The molecule has 0 aromatic heterocycles. The summed E-state index contributed by atoms with van der Waals surface area (Å²) < 4.78 is 5.04. The predicted octanol–water partition coefficient (Wildman–Crippen LogP) is 3.36. The van der Waals surface area contributed by atoms with E-state index >= 15 is 0 Å². The van der Waals surface area contributed by atoms with Crippen molar-refractivity contribution in [1.82, 2.24) is 5.32 Å². The van der Waals surface area contributed by atoms with Crippen LogP contribution >= 0.6 is 23.4 Å². The Morgan fingerprint density at radius 2 is 2.10 bits per heavy atom. The van der Waals surface area contributed by atoms with Crippen LogP contribution in [0.5, 0.6) is 0 Å². The Morgan fingerprint density at radius 1 is 1.45 bits per heavy atom. The summed E-state index contributed by atoms with van der Waals surface area (Å²) in [5.41, 5.74) is -0.562. The van der Waals surface area contributed by atoms with Crippen molar-refractivity contribution in [1.29, 1.82) is 0 Å². The molecule has 1 aromatic rings. The molecule has 1 atom stereocenters. The molecule has 2 rings (SSSR count). The number of rotatable bonds is 7. The van der Waals surface area contributed by atoms with E-state index in [1.165, 1.54) is 7.11 Å². The molecule has 1 fully saturated rings. The Labute approximate surface area is 129 Å². The van der Waals surface area contributed by atoms with Crippen LogP contribution in [-0.2, 0) is 9.53 Å². The van der Waals surface area contributed by atoms with Crippen LogP contribution in [0.1, 0.15) is 19.8 Å². The van der Waals surface area contributed by atoms with Crippen molar-refractivity contribution in [3.05, 3.63) is 29.3 Å². The molecule has 20 heavy (non-hydrogen) atoms. The topological polar surface area (TPSA) is 38.3 Å². The summed E-state index contributed by atoms with van der Waals surface area (Å²) in [4.78, 5) is 13.4. The second kappa shape index (κ2) is 6.83. The SMILES string of the molecule is CCNC(CSc1ccc(Cl)cc1)(C(=O)OC)C1CC1. The number of carbonyl (C=O) groups is 1. The third-order valence-corrected chi connectivity index (χ3v) is 5.05. The molecule has 0 bridgehead atoms. The predicted molar refractivity (Wildman–Crippen MR) is 83.3 cm³/mol. The van der Waals surface area contributed by atoms with Crippen molar-refractivity contribution in [3.8, 4) is 0 Å². The molecular weight excluding hydrogens is 294 g/mol. The van der Waals surface area contributed by atoms with Gasteiger partial charge in [0.1, 0.15) is 5.54 Å². The Morgan fingerprint density at radius 3 is 2.60 bits per heavy atom. The van der Waals surface area contributed by atoms with Gasteiger partial charge in [-0.15, -0.1) is 11.8 Å². The third-order valence-electron chi connectivity index (χ3n) is 3.60. The fourth-order valence-electron chi connectivity index (χ4n) is 2.41. The Kier molecular flexibility index (Phi) is 5.35. The summed E-state index contributed by atoms with van der Waals surface area (Å²) in [6.45, 7) is 2.78. The Hall–Kier alpha value is -0.710. The van der Waals surface area contributed by atoms with Gasteiger partial charge in [0, 0.05) is 15.7 Å². The summed E-state index contributed by atoms with van der Waals surface area (Å²) in [5.74, 6) is 0.915. The molecule has 1 unspecified atom stereocenters. The lowest BCUT2D eigenvalue weighted by atomic mass is 9.95. The van der Waals surface area contributed by atoms with Crippen LogP contribution in [-0.4, -0.2) is 30.9 Å². The van der Waals surface area contributed by atoms with Gasteiger partial charge in [0.15, 0.2) is 0 Å². The number of thioether (sulfide) groups is 1. The molecule has 1 aliphatic carbocycles. The van der Waals surface area contributed by atoms with E-state index in [1.807, 2.05) is 31.2 Å². The number of likely N-dealkylation sites (N-methyl/N-ethyl adjacent to an activating group) is 1. The molecule has 0 amide bonds. The number of hydrogen-bond donors (Lipinski definition) is 1. The van der Waals surface area contributed by atoms with Crippen LogP contribution in [0, 0.1) is 5.92 Å². The molecule has 1 aromatic carbocycles. The Balaban J connectivity index is 2.10. The molecule has 0 aliphatic heterocycles. The minimum absolute atomic E-state index is 0.150. The smallest absolute Gasteiger partial charge is 0.327 e. The highest BCUT2D eigenvalue weighted by Gasteiger charge is 2.51. The highest BCUT2D eigenvalue weighted by molar-refractivity contribution is 7.99. The first kappa shape index (κ1) is 15.7. The van der Waals surface area contributed by atoms with Crippen LogP contribution in [0.15, 0.2) is 29.2 Å². The quantitative estimate of drug-likeness (QED) is 0.619. The fraction of sp³-hybridized carbons (Fsp3) is 0.533. The number of carbonyl (C=O) groups excluding carboxylic acids is 1. The van der Waals surface area contributed by atoms with E-state index in [0.717, 1.165) is 29.3 Å². The maximum Gasteiger partial charge on any atom is 0.327 e. The van der Waals surface area contributed by atoms with Crippen molar-refractivity contribution in [3.63, 3.8) is 0 Å². The van der Waals surface area contributed by atoms with E-state index in [9.17, 15) is 4.79 Å². The second-order valence-electron chi connectivity index (χ2n) is 5.01. The van der Waals surface area contributed by atoms with Gasteiger partial charge in [0.05, 0.1) is 7.11 Å². The zero-order valence-electron chi connectivity index (χ0n) is 11.8. The molecule has 0 spiro atoms. The largest absolute Gasteiger partial charge is 0.468 e. The molecule has 1 N–H and O–H groups in total. The first-order chi connectivity index (χ1) is 9.62. The fourth-order valence-corrected chi connectivity index (χ4v) is 3.72. The monoisotopic (exact) mass is 313 g/mol.